The van der Waals surface area contributed by atoms with Crippen molar-refractivity contribution in [3.63, 3.8) is 0 Å². The molecule has 1 saturated heterocycles. The molecular formula is C22H23N3O2. The van der Waals surface area contributed by atoms with Crippen molar-refractivity contribution in [1.82, 2.24) is 15.3 Å². The van der Waals surface area contributed by atoms with Crippen molar-refractivity contribution in [2.75, 3.05) is 26.4 Å². The summed E-state index contributed by atoms with van der Waals surface area (Å²) in [7, 11) is 0. The standard InChI is InChI=1S/C22H23N3O2/c1-2-4-17(5-3-1)19-12-20(13-24-15-21-16-26-10-11-27-21)22(25-14-19)18-6-8-23-9-7-18/h1-9,12,14,21,24H,10-11,13,15-16H2/t21-/m0/s1. The van der Waals surface area contributed by atoms with E-state index < -0.39 is 0 Å². The lowest BCUT2D eigenvalue weighted by Crippen LogP contribution is -2.37. The average Bonchev–Trinajstić information content (AvgIpc) is 2.76. The highest BCUT2D eigenvalue weighted by atomic mass is 16.6. The summed E-state index contributed by atoms with van der Waals surface area (Å²) in [6, 6.07) is 16.5. The van der Waals surface area contributed by atoms with Gasteiger partial charge in [0, 0.05) is 42.8 Å². The van der Waals surface area contributed by atoms with Gasteiger partial charge in [-0.15, -0.1) is 0 Å². The first-order chi connectivity index (χ1) is 13.4. The van der Waals surface area contributed by atoms with E-state index in [2.05, 4.69) is 28.5 Å². The first-order valence-electron chi connectivity index (χ1n) is 9.25. The lowest BCUT2D eigenvalue weighted by atomic mass is 10.0. The molecule has 0 spiro atoms. The topological polar surface area (TPSA) is 56.3 Å². The number of rotatable bonds is 6. The van der Waals surface area contributed by atoms with Crippen LogP contribution in [0.5, 0.6) is 0 Å². The van der Waals surface area contributed by atoms with E-state index >= 15 is 0 Å². The second-order valence-corrected chi connectivity index (χ2v) is 6.53. The maximum Gasteiger partial charge on any atom is 0.0933 e. The van der Waals surface area contributed by atoms with Crippen LogP contribution in [0.3, 0.4) is 0 Å². The SMILES string of the molecule is c1ccc(-c2cnc(-c3ccncc3)c(CNC[C@H]3COCCO3)c2)cc1. The Labute approximate surface area is 159 Å². The molecule has 0 unspecified atom stereocenters. The summed E-state index contributed by atoms with van der Waals surface area (Å²) in [6.45, 7) is 3.47. The number of hydrogen-bond donors (Lipinski definition) is 1. The molecule has 1 fully saturated rings. The second-order valence-electron chi connectivity index (χ2n) is 6.53. The Bertz CT molecular complexity index is 850. The van der Waals surface area contributed by atoms with Crippen molar-refractivity contribution in [1.29, 1.82) is 0 Å². The van der Waals surface area contributed by atoms with Crippen molar-refractivity contribution in [2.24, 2.45) is 0 Å². The summed E-state index contributed by atoms with van der Waals surface area (Å²) < 4.78 is 11.2. The van der Waals surface area contributed by atoms with Gasteiger partial charge < -0.3 is 14.8 Å². The van der Waals surface area contributed by atoms with Gasteiger partial charge in [-0.25, -0.2) is 0 Å². The fourth-order valence-electron chi connectivity index (χ4n) is 3.23. The van der Waals surface area contributed by atoms with E-state index in [0.29, 0.717) is 26.4 Å². The molecule has 3 aromatic rings. The van der Waals surface area contributed by atoms with Crippen LogP contribution in [-0.2, 0) is 16.0 Å². The summed E-state index contributed by atoms with van der Waals surface area (Å²) in [6.07, 6.45) is 5.64. The number of pyridine rings is 2. The van der Waals surface area contributed by atoms with Crippen LogP contribution in [0.2, 0.25) is 0 Å². The van der Waals surface area contributed by atoms with E-state index in [1.165, 1.54) is 0 Å². The normalized spacial score (nSPS) is 17.0. The monoisotopic (exact) mass is 361 g/mol. The van der Waals surface area contributed by atoms with Crippen LogP contribution < -0.4 is 5.32 Å². The highest BCUT2D eigenvalue weighted by molar-refractivity contribution is 5.69. The summed E-state index contributed by atoms with van der Waals surface area (Å²) >= 11 is 0. The van der Waals surface area contributed by atoms with Crippen molar-refractivity contribution in [3.8, 4) is 22.4 Å². The molecule has 3 heterocycles. The molecule has 1 aliphatic rings. The number of hydrogen-bond acceptors (Lipinski definition) is 5. The van der Waals surface area contributed by atoms with Crippen molar-refractivity contribution in [3.05, 3.63) is 72.7 Å². The minimum Gasteiger partial charge on any atom is -0.376 e. The van der Waals surface area contributed by atoms with Crippen LogP contribution in [0.1, 0.15) is 5.56 Å². The predicted molar refractivity (Wildman–Crippen MR) is 105 cm³/mol. The fourth-order valence-corrected chi connectivity index (χ4v) is 3.23. The molecule has 5 heteroatoms. The average molecular weight is 361 g/mol. The first-order valence-corrected chi connectivity index (χ1v) is 9.25. The molecule has 27 heavy (non-hydrogen) atoms. The van der Waals surface area contributed by atoms with Gasteiger partial charge in [0.15, 0.2) is 0 Å². The Balaban J connectivity index is 1.57. The van der Waals surface area contributed by atoms with Gasteiger partial charge >= 0.3 is 0 Å². The van der Waals surface area contributed by atoms with E-state index in [1.807, 2.05) is 36.5 Å². The Hall–Kier alpha value is -2.60. The molecule has 5 nitrogen and oxygen atoms in total. The third-order valence-electron chi connectivity index (χ3n) is 4.60. The van der Waals surface area contributed by atoms with E-state index in [4.69, 9.17) is 14.5 Å². The minimum absolute atomic E-state index is 0.105. The van der Waals surface area contributed by atoms with Gasteiger partial charge in [-0.1, -0.05) is 30.3 Å². The van der Waals surface area contributed by atoms with Crippen molar-refractivity contribution in [2.45, 2.75) is 12.6 Å². The van der Waals surface area contributed by atoms with E-state index in [-0.39, 0.29) is 6.10 Å². The molecule has 1 aromatic carbocycles. The fraction of sp³-hybridized carbons (Fsp3) is 0.273. The summed E-state index contributed by atoms with van der Waals surface area (Å²) in [5.41, 5.74) is 5.47. The van der Waals surface area contributed by atoms with Gasteiger partial charge in [-0.3, -0.25) is 9.97 Å². The zero-order chi connectivity index (χ0) is 18.3. The molecular weight excluding hydrogens is 338 g/mol. The molecule has 1 atom stereocenters. The Kier molecular flexibility index (Phi) is 5.84. The Morgan fingerprint density at radius 3 is 2.59 bits per heavy atom. The largest absolute Gasteiger partial charge is 0.376 e. The van der Waals surface area contributed by atoms with Crippen molar-refractivity contribution < 1.29 is 9.47 Å². The molecule has 1 N–H and O–H groups in total. The zero-order valence-corrected chi connectivity index (χ0v) is 15.2. The van der Waals surface area contributed by atoms with Crippen LogP contribution in [0.25, 0.3) is 22.4 Å². The summed E-state index contributed by atoms with van der Waals surface area (Å²) in [4.78, 5) is 8.88. The highest BCUT2D eigenvalue weighted by Crippen LogP contribution is 2.26. The maximum atomic E-state index is 5.71. The first kappa shape index (κ1) is 17.8. The molecule has 0 aliphatic carbocycles. The van der Waals surface area contributed by atoms with Gasteiger partial charge in [0.25, 0.3) is 0 Å². The summed E-state index contributed by atoms with van der Waals surface area (Å²) in [5.74, 6) is 0. The Morgan fingerprint density at radius 1 is 0.963 bits per heavy atom. The molecule has 0 bridgehead atoms. The van der Waals surface area contributed by atoms with Gasteiger partial charge in [0.1, 0.15) is 0 Å². The van der Waals surface area contributed by atoms with Crippen LogP contribution in [0.4, 0.5) is 0 Å². The zero-order valence-electron chi connectivity index (χ0n) is 15.2. The smallest absolute Gasteiger partial charge is 0.0933 e. The molecule has 138 valence electrons. The van der Waals surface area contributed by atoms with E-state index in [9.17, 15) is 0 Å². The van der Waals surface area contributed by atoms with Crippen molar-refractivity contribution >= 4 is 0 Å². The molecule has 4 rings (SSSR count). The van der Waals surface area contributed by atoms with Crippen LogP contribution in [0.15, 0.2) is 67.1 Å². The van der Waals surface area contributed by atoms with E-state index in [0.717, 1.165) is 34.5 Å². The highest BCUT2D eigenvalue weighted by Gasteiger charge is 2.15. The molecule has 1 aliphatic heterocycles. The van der Waals surface area contributed by atoms with Crippen LogP contribution in [0, 0.1) is 0 Å². The molecule has 0 radical (unpaired) electrons. The van der Waals surface area contributed by atoms with Gasteiger partial charge in [0.2, 0.25) is 0 Å². The number of aromatic nitrogens is 2. The third kappa shape index (κ3) is 4.57. The second kappa shape index (κ2) is 8.86. The summed E-state index contributed by atoms with van der Waals surface area (Å²) in [5, 5.41) is 3.50. The van der Waals surface area contributed by atoms with Gasteiger partial charge in [0.05, 0.1) is 31.6 Å². The number of nitrogens with zero attached hydrogens (tertiary/aromatic N) is 2. The van der Waals surface area contributed by atoms with E-state index in [1.54, 1.807) is 12.4 Å². The minimum atomic E-state index is 0.105. The lowest BCUT2D eigenvalue weighted by molar-refractivity contribution is -0.0864. The lowest BCUT2D eigenvalue weighted by Gasteiger charge is -2.23. The quantitative estimate of drug-likeness (QED) is 0.730. The molecule has 2 aromatic heterocycles. The van der Waals surface area contributed by atoms with Crippen LogP contribution in [-0.4, -0.2) is 42.4 Å². The number of nitrogens with one attached hydrogen (secondary N) is 1. The maximum absolute atomic E-state index is 5.71. The third-order valence-corrected chi connectivity index (χ3v) is 4.60. The predicted octanol–water partition coefficient (Wildman–Crippen LogP) is 3.32. The number of benzene rings is 1. The van der Waals surface area contributed by atoms with Gasteiger partial charge in [-0.05, 0) is 29.3 Å². The molecule has 0 saturated carbocycles. The van der Waals surface area contributed by atoms with Gasteiger partial charge in [-0.2, -0.15) is 0 Å². The van der Waals surface area contributed by atoms with Crippen LogP contribution >= 0.6 is 0 Å². The molecule has 0 amide bonds. The number of ether oxygens (including phenoxy) is 2. The Morgan fingerprint density at radius 2 is 1.81 bits per heavy atom.